The van der Waals surface area contributed by atoms with Gasteiger partial charge in [-0.05, 0) is 117 Å². The molecule has 3 saturated heterocycles. The fourth-order valence-corrected chi connectivity index (χ4v) is 15.2. The number of esters is 1. The van der Waals surface area contributed by atoms with Crippen LogP contribution in [-0.2, 0) is 28.5 Å². The van der Waals surface area contributed by atoms with Crippen LogP contribution in [0.25, 0.3) is 0 Å². The summed E-state index contributed by atoms with van der Waals surface area (Å²) in [5.74, 6) is 0.496. The quantitative estimate of drug-likeness (QED) is 0.186. The number of hydrogen-bond acceptors (Lipinski definition) is 13. The predicted molar refractivity (Wildman–Crippen MR) is 191 cm³/mol. The van der Waals surface area contributed by atoms with Gasteiger partial charge in [-0.1, -0.05) is 34.1 Å². The first-order valence-electron chi connectivity index (χ1n) is 20.8. The first-order valence-corrected chi connectivity index (χ1v) is 20.8. The standard InChI is InChI=1S/C41H66O13/c1-35(2)23-11-15-40(34(48)54-35)26-9-8-25-37(4)13-7-12-36(3,24(37)10-14-38(25,5)39(26,6)16-17-41(23,40)49)20-50-33-31(29(46)27(44)21(18-42)52-33)53-32-30(47)28(45)22(19-43)51-32/h21-33,42-47,49H,7-20H2,1-6H3/t21-,22+,23-,24+,25-,26+,27-,28+,29+,30-,31-,32+,33-,36-,37+,38-,39-,40-,41-/m1/s1. The lowest BCUT2D eigenvalue weighted by Gasteiger charge is -2.74. The summed E-state index contributed by atoms with van der Waals surface area (Å²) in [6.45, 7) is 12.7. The van der Waals surface area contributed by atoms with Crippen molar-refractivity contribution in [1.82, 2.24) is 0 Å². The molecule has 0 aromatic heterocycles. The zero-order chi connectivity index (χ0) is 39.0. The van der Waals surface area contributed by atoms with Gasteiger partial charge in [-0.2, -0.15) is 0 Å². The summed E-state index contributed by atoms with van der Waals surface area (Å²) in [7, 11) is 0. The third-order valence-electron chi connectivity index (χ3n) is 18.0. The molecule has 2 bridgehead atoms. The third-order valence-corrected chi connectivity index (χ3v) is 18.0. The summed E-state index contributed by atoms with van der Waals surface area (Å²) in [4.78, 5) is 14.2. The minimum absolute atomic E-state index is 0.0278. The van der Waals surface area contributed by atoms with Crippen LogP contribution in [0, 0.1) is 50.7 Å². The maximum absolute atomic E-state index is 14.2. The Labute approximate surface area is 319 Å². The van der Waals surface area contributed by atoms with Crippen molar-refractivity contribution >= 4 is 5.97 Å². The maximum Gasteiger partial charge on any atom is 0.315 e. The van der Waals surface area contributed by atoms with Gasteiger partial charge in [0.25, 0.3) is 0 Å². The highest BCUT2D eigenvalue weighted by molar-refractivity contribution is 5.82. The number of aliphatic hydroxyl groups excluding tert-OH is 6. The van der Waals surface area contributed by atoms with Gasteiger partial charge in [0.2, 0.25) is 0 Å². The second-order valence-corrected chi connectivity index (χ2v) is 20.4. The first-order chi connectivity index (χ1) is 25.3. The first kappa shape index (κ1) is 39.8. The molecule has 308 valence electrons. The molecule has 0 amide bonds. The fraction of sp³-hybridized carbons (Fsp3) is 0.976. The van der Waals surface area contributed by atoms with Crippen LogP contribution < -0.4 is 0 Å². The van der Waals surface area contributed by atoms with E-state index in [-0.39, 0.29) is 46.1 Å². The second-order valence-electron chi connectivity index (χ2n) is 20.4. The Morgan fingerprint density at radius 3 is 1.96 bits per heavy atom. The molecule has 3 heterocycles. The largest absolute Gasteiger partial charge is 0.459 e. The van der Waals surface area contributed by atoms with Gasteiger partial charge >= 0.3 is 5.97 Å². The SMILES string of the molecule is CC1(C)OC(=O)[C@]23CC[C@H]1[C@]2(O)CC[C@]1(C)[C@@H]3CC[C@@H]2[C@@]3(C)CCC[C@](C)(CO[C@@H]4O[C@H](CO)[C@@H](O)[C@H](O)[C@H]4O[C@@H]4O[C@@H](CO)[C@H](O)[C@H]4O)[C@@H]3CC[C@]21C. The summed E-state index contributed by atoms with van der Waals surface area (Å²) in [5, 5.41) is 75.0. The number of ether oxygens (including phenoxy) is 5. The van der Waals surface area contributed by atoms with Gasteiger partial charge < -0.3 is 59.4 Å². The lowest BCUT2D eigenvalue weighted by Crippen LogP contribution is -2.74. The second kappa shape index (κ2) is 13.0. The fourth-order valence-electron chi connectivity index (χ4n) is 15.2. The topological polar surface area (TPSA) is 205 Å². The molecule has 0 aromatic carbocycles. The number of carbonyl (C=O) groups is 1. The minimum Gasteiger partial charge on any atom is -0.459 e. The summed E-state index contributed by atoms with van der Waals surface area (Å²) >= 11 is 0. The van der Waals surface area contributed by atoms with Crippen molar-refractivity contribution in [2.75, 3.05) is 19.8 Å². The molecule has 54 heavy (non-hydrogen) atoms. The number of cyclic esters (lactones) is 1. The molecule has 3 aliphatic heterocycles. The summed E-state index contributed by atoms with van der Waals surface area (Å²) in [6, 6.07) is 0. The molecule has 7 N–H and O–H groups in total. The van der Waals surface area contributed by atoms with Gasteiger partial charge in [0, 0.05) is 5.92 Å². The Morgan fingerprint density at radius 1 is 0.667 bits per heavy atom. The van der Waals surface area contributed by atoms with E-state index in [0.29, 0.717) is 24.7 Å². The molecule has 8 fully saturated rings. The van der Waals surface area contributed by atoms with Crippen molar-refractivity contribution in [1.29, 1.82) is 0 Å². The van der Waals surface area contributed by atoms with Crippen molar-refractivity contribution in [2.24, 2.45) is 50.7 Å². The Hall–Kier alpha value is -0.970. The van der Waals surface area contributed by atoms with Crippen molar-refractivity contribution in [3.8, 4) is 0 Å². The van der Waals surface area contributed by atoms with Crippen LogP contribution in [0.15, 0.2) is 0 Å². The Morgan fingerprint density at radius 2 is 1.28 bits per heavy atom. The molecular weight excluding hydrogens is 700 g/mol. The molecule has 5 saturated carbocycles. The van der Waals surface area contributed by atoms with Crippen LogP contribution in [0.2, 0.25) is 0 Å². The van der Waals surface area contributed by atoms with Crippen molar-refractivity contribution < 1.29 is 64.2 Å². The predicted octanol–water partition coefficient (Wildman–Crippen LogP) is 2.17. The number of fused-ring (bicyclic) bond motifs is 5. The van der Waals surface area contributed by atoms with E-state index in [1.165, 1.54) is 0 Å². The van der Waals surface area contributed by atoms with Gasteiger partial charge in [-0.25, -0.2) is 0 Å². The van der Waals surface area contributed by atoms with Gasteiger partial charge in [0.15, 0.2) is 12.6 Å². The molecule has 8 aliphatic rings. The van der Waals surface area contributed by atoms with E-state index >= 15 is 0 Å². The molecule has 0 aromatic rings. The molecule has 19 atom stereocenters. The van der Waals surface area contributed by atoms with Crippen molar-refractivity contribution in [2.45, 2.75) is 179 Å². The highest BCUT2D eigenvalue weighted by Crippen LogP contribution is 2.80. The molecule has 8 rings (SSSR count). The average molecular weight is 767 g/mol. The van der Waals surface area contributed by atoms with Crippen LogP contribution >= 0.6 is 0 Å². The van der Waals surface area contributed by atoms with E-state index in [2.05, 4.69) is 27.7 Å². The van der Waals surface area contributed by atoms with E-state index in [0.717, 1.165) is 57.8 Å². The zero-order valence-corrected chi connectivity index (χ0v) is 33.0. The van der Waals surface area contributed by atoms with Crippen molar-refractivity contribution in [3.05, 3.63) is 0 Å². The van der Waals surface area contributed by atoms with E-state index in [1.54, 1.807) is 0 Å². The smallest absolute Gasteiger partial charge is 0.315 e. The van der Waals surface area contributed by atoms with Crippen LogP contribution in [0.5, 0.6) is 0 Å². The molecule has 5 aliphatic carbocycles. The molecule has 13 heteroatoms. The van der Waals surface area contributed by atoms with Crippen LogP contribution in [-0.4, -0.2) is 128 Å². The Balaban J connectivity index is 1.04. The van der Waals surface area contributed by atoms with E-state index in [4.69, 9.17) is 23.7 Å². The molecular formula is C41H66O13. The number of hydrogen-bond donors (Lipinski definition) is 7. The van der Waals surface area contributed by atoms with Crippen LogP contribution in [0.4, 0.5) is 0 Å². The molecule has 0 radical (unpaired) electrons. The zero-order valence-electron chi connectivity index (χ0n) is 33.0. The molecule has 0 spiro atoms. The summed E-state index contributed by atoms with van der Waals surface area (Å²) < 4.78 is 30.3. The normalized spacial score (nSPS) is 57.7. The number of rotatable bonds is 7. The van der Waals surface area contributed by atoms with Gasteiger partial charge in [-0.3, -0.25) is 4.79 Å². The molecule has 0 unspecified atom stereocenters. The highest BCUT2D eigenvalue weighted by atomic mass is 16.8. The third kappa shape index (κ3) is 5.11. The van der Waals surface area contributed by atoms with Gasteiger partial charge in [0.1, 0.15) is 53.7 Å². The van der Waals surface area contributed by atoms with Gasteiger partial charge in [0.05, 0.1) is 25.4 Å². The van der Waals surface area contributed by atoms with E-state index in [1.807, 2.05) is 13.8 Å². The number of aliphatic hydroxyl groups is 7. The monoisotopic (exact) mass is 766 g/mol. The maximum atomic E-state index is 14.2. The van der Waals surface area contributed by atoms with Gasteiger partial charge in [-0.15, -0.1) is 0 Å². The Bertz CT molecular complexity index is 1460. The average Bonchev–Trinajstić information content (AvgIpc) is 3.55. The molecule has 13 nitrogen and oxygen atoms in total. The van der Waals surface area contributed by atoms with Crippen molar-refractivity contribution in [3.63, 3.8) is 0 Å². The highest BCUT2D eigenvalue weighted by Gasteiger charge is 2.81. The van der Waals surface area contributed by atoms with Crippen LogP contribution in [0.3, 0.4) is 0 Å². The summed E-state index contributed by atoms with van der Waals surface area (Å²) in [5.41, 5.74) is -3.10. The lowest BCUT2D eigenvalue weighted by molar-refractivity contribution is -0.344. The minimum atomic E-state index is -1.56. The van der Waals surface area contributed by atoms with Crippen LogP contribution in [0.1, 0.15) is 112 Å². The Kier molecular flexibility index (Phi) is 9.60. The summed E-state index contributed by atoms with van der Waals surface area (Å²) in [6.07, 6.45) is -2.37. The van der Waals surface area contributed by atoms with E-state index in [9.17, 15) is 40.5 Å². The van der Waals surface area contributed by atoms with E-state index < -0.39 is 85.1 Å². The lowest BCUT2D eigenvalue weighted by atomic mass is 9.31. The number of carbonyl (C=O) groups excluding carboxylic acids is 1.